The number of benzene rings is 1. The minimum absolute atomic E-state index is 0.322. The molecule has 0 aromatic heterocycles. The van der Waals surface area contributed by atoms with E-state index >= 15 is 0 Å². The van der Waals surface area contributed by atoms with Crippen molar-refractivity contribution >= 4 is 31.1 Å². The van der Waals surface area contributed by atoms with Crippen LogP contribution in [0.25, 0.3) is 0 Å². The van der Waals surface area contributed by atoms with Gasteiger partial charge in [-0.25, -0.2) is 0 Å². The third-order valence-corrected chi connectivity index (χ3v) is 9.79. The molecule has 1 aliphatic carbocycles. The lowest BCUT2D eigenvalue weighted by atomic mass is 9.91. The summed E-state index contributed by atoms with van der Waals surface area (Å²) in [7, 11) is -0.451. The first kappa shape index (κ1) is 14.3. The van der Waals surface area contributed by atoms with Crippen LogP contribution in [0.2, 0.25) is 0 Å². The molecule has 1 aromatic carbocycles. The first-order valence-corrected chi connectivity index (χ1v) is 10.2. The summed E-state index contributed by atoms with van der Waals surface area (Å²) in [6.07, 6.45) is 6.75. The van der Waals surface area contributed by atoms with Crippen LogP contribution < -0.4 is 0 Å². The van der Waals surface area contributed by atoms with E-state index in [0.29, 0.717) is 5.00 Å². The molecule has 1 fully saturated rings. The Hall–Kier alpha value is -0.0962. The summed E-state index contributed by atoms with van der Waals surface area (Å²) < 4.78 is 5.92. The molecule has 0 saturated heterocycles. The fourth-order valence-corrected chi connectivity index (χ4v) is 8.03. The Morgan fingerprint density at radius 3 is 2.50 bits per heavy atom. The van der Waals surface area contributed by atoms with E-state index in [1.807, 2.05) is 0 Å². The molecule has 100 valence electrons. The van der Waals surface area contributed by atoms with E-state index in [1.165, 1.54) is 37.7 Å². The zero-order valence-corrected chi connectivity index (χ0v) is 15.1. The highest BCUT2D eigenvalue weighted by Gasteiger charge is 2.30. The predicted octanol–water partition coefficient (Wildman–Crippen LogP) is 2.52. The second-order valence-electron chi connectivity index (χ2n) is 5.31. The third-order valence-electron chi connectivity index (χ3n) is 4.04. The van der Waals surface area contributed by atoms with Gasteiger partial charge in [-0.2, -0.15) is 0 Å². The van der Waals surface area contributed by atoms with Crippen molar-refractivity contribution in [2.75, 3.05) is 0 Å². The Kier molecular flexibility index (Phi) is 5.95. The van der Waals surface area contributed by atoms with E-state index < -0.39 is 9.04 Å². The number of halogens is 1. The summed E-state index contributed by atoms with van der Waals surface area (Å²) in [5.74, 6) is 0.717. The lowest BCUT2D eigenvalue weighted by Gasteiger charge is -2.30. The Labute approximate surface area is 120 Å². The molecule has 4 heteroatoms. The van der Waals surface area contributed by atoms with Crippen molar-refractivity contribution in [1.29, 1.82) is 0 Å². The summed E-state index contributed by atoms with van der Waals surface area (Å²) in [6.45, 7) is 0. The first-order chi connectivity index (χ1) is 8.81. The van der Waals surface area contributed by atoms with Gasteiger partial charge in [0.1, 0.15) is 10.5 Å². The minimum atomic E-state index is -1.28. The van der Waals surface area contributed by atoms with Crippen molar-refractivity contribution in [3.63, 3.8) is 0 Å². The molecule has 0 radical (unpaired) electrons. The molecule has 2 atom stereocenters. The fraction of sp³-hybridized carbons (Fsp3) is 0.571. The maximum atomic E-state index is 6.73. The van der Waals surface area contributed by atoms with Crippen molar-refractivity contribution in [2.45, 2.75) is 43.1 Å². The molecule has 1 nitrogen and oxygen atoms in total. The molecule has 2 rings (SSSR count). The molecule has 0 spiro atoms. The van der Waals surface area contributed by atoms with Crippen LogP contribution in [0.1, 0.15) is 37.7 Å². The quantitative estimate of drug-likeness (QED) is 0.599. The maximum Gasteiger partial charge on any atom is 0.185 e. The monoisotopic (exact) mass is 298 g/mol. The molecular weight excluding hydrogens is 276 g/mol. The van der Waals surface area contributed by atoms with Gasteiger partial charge in [0.05, 0.1) is 5.00 Å². The first-order valence-electron chi connectivity index (χ1n) is 7.02. The summed E-state index contributed by atoms with van der Waals surface area (Å²) >= 11 is 6.73. The number of hydrogen-bond acceptors (Lipinski definition) is 1. The van der Waals surface area contributed by atoms with Gasteiger partial charge in [-0.05, 0) is 30.4 Å². The number of alkyl halides is 1. The zero-order chi connectivity index (χ0) is 12.8. The molecule has 0 heterocycles. The summed E-state index contributed by atoms with van der Waals surface area (Å²) in [5.41, 5.74) is 1.39. The Morgan fingerprint density at radius 2 is 1.89 bits per heavy atom. The zero-order valence-electron chi connectivity index (χ0n) is 11.1. The average Bonchev–Trinajstić information content (AvgIpc) is 2.46. The lowest BCUT2D eigenvalue weighted by molar-refractivity contribution is 0.365. The lowest BCUT2D eigenvalue weighted by Crippen LogP contribution is -2.38. The van der Waals surface area contributed by atoms with Crippen LogP contribution in [-0.2, 0) is 10.2 Å². The largest absolute Gasteiger partial charge is 0.464 e. The van der Waals surface area contributed by atoms with Crippen molar-refractivity contribution in [3.05, 3.63) is 35.9 Å². The summed E-state index contributed by atoms with van der Waals surface area (Å²) in [5, 5.41) is 0.322. The van der Waals surface area contributed by atoms with Gasteiger partial charge in [-0.15, -0.1) is 11.6 Å². The van der Waals surface area contributed by atoms with Gasteiger partial charge in [0.2, 0.25) is 0 Å². The molecule has 0 amide bonds. The van der Waals surface area contributed by atoms with Gasteiger partial charge in [0.25, 0.3) is 0 Å². The van der Waals surface area contributed by atoms with E-state index in [0.717, 1.165) is 22.4 Å². The summed E-state index contributed by atoms with van der Waals surface area (Å²) in [6, 6.07) is 11.8. The van der Waals surface area contributed by atoms with Crippen molar-refractivity contribution in [1.82, 2.24) is 0 Å². The molecule has 1 saturated carbocycles. The van der Waals surface area contributed by atoms with E-state index in [-0.39, 0.29) is 0 Å². The second-order valence-corrected chi connectivity index (χ2v) is 10.3. The van der Waals surface area contributed by atoms with Gasteiger partial charge < -0.3 is 4.12 Å². The standard InChI is InChI=1S/C14H23ClOSi2/c15-14(13-9-5-2-6-10-13)18(16-17)11-12-7-3-1-4-8-12/h1,3-4,7-8,13-14,18H,2,5-6,9-11H2,17H3. The van der Waals surface area contributed by atoms with Gasteiger partial charge in [0, 0.05) is 0 Å². The van der Waals surface area contributed by atoms with E-state index in [4.69, 9.17) is 15.7 Å². The highest BCUT2D eigenvalue weighted by atomic mass is 35.5. The Bertz CT molecular complexity index is 341. The molecule has 1 aromatic rings. The molecule has 2 unspecified atom stereocenters. The van der Waals surface area contributed by atoms with E-state index in [1.54, 1.807) is 0 Å². The molecule has 1 aliphatic rings. The van der Waals surface area contributed by atoms with Gasteiger partial charge >= 0.3 is 0 Å². The average molecular weight is 299 g/mol. The molecule has 18 heavy (non-hydrogen) atoms. The van der Waals surface area contributed by atoms with Crippen LogP contribution in [0.15, 0.2) is 30.3 Å². The van der Waals surface area contributed by atoms with Crippen molar-refractivity contribution in [3.8, 4) is 0 Å². The highest BCUT2D eigenvalue weighted by Crippen LogP contribution is 2.31. The van der Waals surface area contributed by atoms with Crippen LogP contribution in [-0.4, -0.2) is 24.5 Å². The Balaban J connectivity index is 1.94. The summed E-state index contributed by atoms with van der Waals surface area (Å²) in [4.78, 5) is 0. The van der Waals surface area contributed by atoms with Crippen molar-refractivity contribution < 1.29 is 4.12 Å². The van der Waals surface area contributed by atoms with E-state index in [2.05, 4.69) is 30.3 Å². The van der Waals surface area contributed by atoms with Gasteiger partial charge in [0.15, 0.2) is 9.04 Å². The third kappa shape index (κ3) is 3.95. The topological polar surface area (TPSA) is 9.23 Å². The van der Waals surface area contributed by atoms with Crippen LogP contribution in [0.3, 0.4) is 0 Å². The van der Waals surface area contributed by atoms with E-state index in [9.17, 15) is 0 Å². The van der Waals surface area contributed by atoms with Gasteiger partial charge in [-0.1, -0.05) is 49.6 Å². The predicted molar refractivity (Wildman–Crippen MR) is 84.5 cm³/mol. The molecule has 0 aliphatic heterocycles. The molecule has 0 bridgehead atoms. The number of hydrogen-bond donors (Lipinski definition) is 0. The maximum absolute atomic E-state index is 6.73. The van der Waals surface area contributed by atoms with Crippen LogP contribution >= 0.6 is 11.6 Å². The van der Waals surface area contributed by atoms with Gasteiger partial charge in [-0.3, -0.25) is 0 Å². The SMILES string of the molecule is [SiH3]O[SiH](Cc1ccccc1)C(Cl)C1CCCCC1. The minimum Gasteiger partial charge on any atom is -0.464 e. The van der Waals surface area contributed by atoms with Crippen LogP contribution in [0.5, 0.6) is 0 Å². The highest BCUT2D eigenvalue weighted by molar-refractivity contribution is 6.66. The molecular formula is C14H23ClOSi2. The van der Waals surface area contributed by atoms with Crippen LogP contribution in [0.4, 0.5) is 0 Å². The van der Waals surface area contributed by atoms with Crippen molar-refractivity contribution in [2.24, 2.45) is 5.92 Å². The van der Waals surface area contributed by atoms with Crippen LogP contribution in [0, 0.1) is 5.92 Å². The Morgan fingerprint density at radius 1 is 1.22 bits per heavy atom. The normalized spacial score (nSPS) is 20.7. The number of rotatable bonds is 5. The second kappa shape index (κ2) is 7.48. The fourth-order valence-electron chi connectivity index (χ4n) is 2.93. The smallest absolute Gasteiger partial charge is 0.185 e. The molecule has 0 N–H and O–H groups in total.